The molecular formula is C10H11Cl3N4O. The number of guanidine groups is 1. The quantitative estimate of drug-likeness (QED) is 0.746. The third kappa shape index (κ3) is 3.66. The topological polar surface area (TPSA) is 65.5 Å². The summed E-state index contributed by atoms with van der Waals surface area (Å²) >= 11 is 11.8. The molecule has 0 fully saturated rings. The van der Waals surface area contributed by atoms with E-state index in [2.05, 4.69) is 20.9 Å². The molecule has 1 heterocycles. The highest BCUT2D eigenvalue weighted by Gasteiger charge is 2.12. The molecule has 0 aromatic heterocycles. The van der Waals surface area contributed by atoms with Crippen molar-refractivity contribution >= 4 is 53.3 Å². The molecule has 5 nitrogen and oxygen atoms in total. The zero-order valence-corrected chi connectivity index (χ0v) is 11.5. The van der Waals surface area contributed by atoms with Crippen molar-refractivity contribution in [3.05, 3.63) is 28.2 Å². The summed E-state index contributed by atoms with van der Waals surface area (Å²) in [5.74, 6) is 0.450. The van der Waals surface area contributed by atoms with Crippen molar-refractivity contribution in [2.24, 2.45) is 4.99 Å². The second-order valence-corrected chi connectivity index (χ2v) is 4.15. The van der Waals surface area contributed by atoms with Crippen LogP contribution < -0.4 is 16.0 Å². The summed E-state index contributed by atoms with van der Waals surface area (Å²) in [6.45, 7) is 1.38. The van der Waals surface area contributed by atoms with E-state index in [1.807, 2.05) is 0 Å². The molecule has 0 spiro atoms. The maximum Gasteiger partial charge on any atom is 0.326 e. The molecule has 18 heavy (non-hydrogen) atoms. The molecule has 8 heteroatoms. The molecule has 98 valence electrons. The van der Waals surface area contributed by atoms with Crippen LogP contribution in [0.25, 0.3) is 0 Å². The van der Waals surface area contributed by atoms with Crippen LogP contribution in [0.4, 0.5) is 10.5 Å². The lowest BCUT2D eigenvalue weighted by molar-refractivity contribution is 0.256. The summed E-state index contributed by atoms with van der Waals surface area (Å²) < 4.78 is 0. The molecule has 0 unspecified atom stereocenters. The summed E-state index contributed by atoms with van der Waals surface area (Å²) in [6, 6.07) is 4.56. The van der Waals surface area contributed by atoms with Crippen molar-refractivity contribution in [2.45, 2.75) is 0 Å². The van der Waals surface area contributed by atoms with Gasteiger partial charge in [0.05, 0.1) is 22.3 Å². The number of para-hydroxylation sites is 1. The second kappa shape index (κ2) is 6.68. The number of hydrogen-bond donors (Lipinski definition) is 3. The molecule has 2 rings (SSSR count). The first-order chi connectivity index (χ1) is 8.16. The Balaban J connectivity index is 0.00000162. The van der Waals surface area contributed by atoms with Gasteiger partial charge in [0.25, 0.3) is 0 Å². The highest BCUT2D eigenvalue weighted by molar-refractivity contribution is 6.39. The number of urea groups is 1. The van der Waals surface area contributed by atoms with Crippen molar-refractivity contribution in [2.75, 3.05) is 18.4 Å². The largest absolute Gasteiger partial charge is 0.354 e. The molecule has 1 aliphatic heterocycles. The Hall–Kier alpha value is -1.17. The monoisotopic (exact) mass is 308 g/mol. The number of carbonyl (C=O) groups excluding carboxylic acids is 1. The maximum absolute atomic E-state index is 11.6. The van der Waals surface area contributed by atoms with Crippen molar-refractivity contribution in [1.29, 1.82) is 0 Å². The van der Waals surface area contributed by atoms with E-state index in [1.54, 1.807) is 18.2 Å². The van der Waals surface area contributed by atoms with Gasteiger partial charge in [-0.25, -0.2) is 4.79 Å². The van der Waals surface area contributed by atoms with Crippen LogP contribution in [0.2, 0.25) is 10.0 Å². The van der Waals surface area contributed by atoms with Crippen LogP contribution >= 0.6 is 35.6 Å². The smallest absolute Gasteiger partial charge is 0.326 e. The molecule has 1 aliphatic rings. The van der Waals surface area contributed by atoms with Crippen LogP contribution in [0.1, 0.15) is 0 Å². The van der Waals surface area contributed by atoms with Crippen LogP contribution in [-0.4, -0.2) is 25.1 Å². The van der Waals surface area contributed by atoms with E-state index in [4.69, 9.17) is 23.2 Å². The van der Waals surface area contributed by atoms with Gasteiger partial charge in [0, 0.05) is 6.54 Å². The van der Waals surface area contributed by atoms with E-state index >= 15 is 0 Å². The number of nitrogens with zero attached hydrogens (tertiary/aromatic N) is 1. The average molecular weight is 310 g/mol. The van der Waals surface area contributed by atoms with Gasteiger partial charge in [-0.15, -0.1) is 12.4 Å². The lowest BCUT2D eigenvalue weighted by Crippen LogP contribution is -2.40. The minimum absolute atomic E-state index is 0. The Labute approximate surface area is 120 Å². The highest BCUT2D eigenvalue weighted by Crippen LogP contribution is 2.29. The Morgan fingerprint density at radius 1 is 1.28 bits per heavy atom. The van der Waals surface area contributed by atoms with Gasteiger partial charge in [-0.05, 0) is 12.1 Å². The first kappa shape index (κ1) is 14.9. The minimum Gasteiger partial charge on any atom is -0.354 e. The fraction of sp³-hybridized carbons (Fsp3) is 0.200. The van der Waals surface area contributed by atoms with Crippen LogP contribution in [0, 0.1) is 0 Å². The molecular weight excluding hydrogens is 298 g/mol. The predicted molar refractivity (Wildman–Crippen MR) is 76.2 cm³/mol. The molecule has 0 bridgehead atoms. The average Bonchev–Trinajstić information content (AvgIpc) is 2.76. The molecule has 3 N–H and O–H groups in total. The van der Waals surface area contributed by atoms with Gasteiger partial charge in [0.1, 0.15) is 0 Å². The van der Waals surface area contributed by atoms with Gasteiger partial charge in [-0.1, -0.05) is 29.3 Å². The molecule has 0 saturated heterocycles. The van der Waals surface area contributed by atoms with Crippen LogP contribution in [0.3, 0.4) is 0 Å². The summed E-state index contributed by atoms with van der Waals surface area (Å²) in [7, 11) is 0. The lowest BCUT2D eigenvalue weighted by atomic mass is 10.3. The molecule has 0 aliphatic carbocycles. The number of aliphatic imine (C=N–C) groups is 1. The number of halogens is 3. The lowest BCUT2D eigenvalue weighted by Gasteiger charge is -2.10. The fourth-order valence-electron chi connectivity index (χ4n) is 1.35. The third-order valence-corrected chi connectivity index (χ3v) is 2.74. The van der Waals surface area contributed by atoms with E-state index in [1.165, 1.54) is 0 Å². The standard InChI is InChI=1S/C10H10Cl2N4O.ClH/c11-6-2-1-3-7(12)8(6)15-10(17)16-9-13-4-5-14-9;/h1-3H,4-5H2,(H3,13,14,15,16,17);1H. The van der Waals surface area contributed by atoms with Crippen molar-refractivity contribution in [3.8, 4) is 0 Å². The van der Waals surface area contributed by atoms with Gasteiger partial charge in [0.2, 0.25) is 0 Å². The third-order valence-electron chi connectivity index (χ3n) is 2.11. The SMILES string of the molecule is Cl.O=C(NC1=NCCN1)Nc1c(Cl)cccc1Cl. The minimum atomic E-state index is -0.437. The molecule has 1 aromatic carbocycles. The zero-order chi connectivity index (χ0) is 12.3. The summed E-state index contributed by atoms with van der Waals surface area (Å²) in [4.78, 5) is 15.6. The van der Waals surface area contributed by atoms with E-state index < -0.39 is 6.03 Å². The molecule has 1 aromatic rings. The van der Waals surface area contributed by atoms with E-state index in [9.17, 15) is 4.79 Å². The Morgan fingerprint density at radius 3 is 2.50 bits per heavy atom. The number of anilines is 1. The van der Waals surface area contributed by atoms with Crippen molar-refractivity contribution in [3.63, 3.8) is 0 Å². The van der Waals surface area contributed by atoms with Gasteiger partial charge in [0.15, 0.2) is 5.96 Å². The number of benzene rings is 1. The predicted octanol–water partition coefficient (Wildman–Crippen LogP) is 2.50. The summed E-state index contributed by atoms with van der Waals surface area (Å²) in [5, 5.41) is 8.81. The number of carbonyl (C=O) groups is 1. The second-order valence-electron chi connectivity index (χ2n) is 3.33. The normalized spacial score (nSPS) is 13.1. The van der Waals surface area contributed by atoms with E-state index in [0.717, 1.165) is 6.54 Å². The van der Waals surface area contributed by atoms with Crippen LogP contribution in [-0.2, 0) is 0 Å². The zero-order valence-electron chi connectivity index (χ0n) is 9.17. The Bertz CT molecular complexity index is 458. The van der Waals surface area contributed by atoms with Gasteiger partial charge in [-0.3, -0.25) is 10.3 Å². The van der Waals surface area contributed by atoms with Crippen LogP contribution in [0.5, 0.6) is 0 Å². The number of rotatable bonds is 1. The summed E-state index contributed by atoms with van der Waals surface area (Å²) in [6.07, 6.45) is 0. The summed E-state index contributed by atoms with van der Waals surface area (Å²) in [5.41, 5.74) is 0.381. The number of hydrogen-bond acceptors (Lipinski definition) is 3. The maximum atomic E-state index is 11.6. The highest BCUT2D eigenvalue weighted by atomic mass is 35.5. The van der Waals surface area contributed by atoms with Gasteiger partial charge >= 0.3 is 6.03 Å². The first-order valence-corrected chi connectivity index (χ1v) is 5.73. The Morgan fingerprint density at radius 2 is 1.94 bits per heavy atom. The Kier molecular flexibility index (Phi) is 5.53. The fourth-order valence-corrected chi connectivity index (χ4v) is 1.84. The first-order valence-electron chi connectivity index (χ1n) is 4.97. The van der Waals surface area contributed by atoms with Crippen molar-refractivity contribution in [1.82, 2.24) is 10.6 Å². The van der Waals surface area contributed by atoms with E-state index in [0.29, 0.717) is 28.2 Å². The number of amides is 2. The molecule has 2 amide bonds. The van der Waals surface area contributed by atoms with Crippen molar-refractivity contribution < 1.29 is 4.79 Å². The van der Waals surface area contributed by atoms with Gasteiger partial charge < -0.3 is 10.6 Å². The molecule has 0 saturated carbocycles. The van der Waals surface area contributed by atoms with Crippen LogP contribution in [0.15, 0.2) is 23.2 Å². The number of nitrogens with one attached hydrogen (secondary N) is 3. The molecule has 0 radical (unpaired) electrons. The van der Waals surface area contributed by atoms with Gasteiger partial charge in [-0.2, -0.15) is 0 Å². The molecule has 0 atom stereocenters. The van der Waals surface area contributed by atoms with E-state index in [-0.39, 0.29) is 12.4 Å².